The fourth-order valence-electron chi connectivity index (χ4n) is 3.06. The van der Waals surface area contributed by atoms with Crippen LogP contribution < -0.4 is 5.32 Å². The van der Waals surface area contributed by atoms with Gasteiger partial charge < -0.3 is 5.32 Å². The molecule has 0 saturated carbocycles. The number of nitrogens with one attached hydrogen (secondary N) is 1. The highest BCUT2D eigenvalue weighted by Gasteiger charge is 2.42. The Kier molecular flexibility index (Phi) is 5.33. The highest BCUT2D eigenvalue weighted by atomic mass is 32.2. The average Bonchev–Trinajstić information content (AvgIpc) is 2.88. The molecule has 3 rings (SSSR count). The van der Waals surface area contributed by atoms with Gasteiger partial charge in [0.2, 0.25) is 5.91 Å². The fourth-order valence-corrected chi connectivity index (χ4v) is 3.71. The van der Waals surface area contributed by atoms with E-state index in [0.717, 1.165) is 16.7 Å². The first kappa shape index (κ1) is 19.8. The number of nitrogens with zero attached hydrogens (tertiary/aromatic N) is 1. The number of hydrogen-bond donors (Lipinski definition) is 1. The van der Waals surface area contributed by atoms with Gasteiger partial charge in [-0.15, -0.1) is 0 Å². The SMILES string of the molecule is Cc1ccc(NC(=O)[C@H](CCS(C)(=O)=O)N2C(=O)c3ccccc3C2=O)cc1. The Morgan fingerprint density at radius 2 is 1.54 bits per heavy atom. The van der Waals surface area contributed by atoms with Gasteiger partial charge >= 0.3 is 0 Å². The molecule has 146 valence electrons. The molecule has 2 aromatic carbocycles. The summed E-state index contributed by atoms with van der Waals surface area (Å²) in [4.78, 5) is 39.3. The number of carbonyl (C=O) groups excluding carboxylic acids is 3. The van der Waals surface area contributed by atoms with Crippen LogP contribution in [0.2, 0.25) is 0 Å². The molecular formula is C20H20N2O5S. The lowest BCUT2D eigenvalue weighted by Crippen LogP contribution is -2.48. The van der Waals surface area contributed by atoms with Crippen molar-refractivity contribution in [3.8, 4) is 0 Å². The zero-order valence-electron chi connectivity index (χ0n) is 15.5. The van der Waals surface area contributed by atoms with Crippen LogP contribution in [-0.2, 0) is 14.6 Å². The van der Waals surface area contributed by atoms with Crippen LogP contribution in [0.15, 0.2) is 48.5 Å². The molecule has 1 N–H and O–H groups in total. The van der Waals surface area contributed by atoms with Gasteiger partial charge in [-0.05, 0) is 37.6 Å². The molecular weight excluding hydrogens is 380 g/mol. The zero-order valence-corrected chi connectivity index (χ0v) is 16.3. The molecule has 28 heavy (non-hydrogen) atoms. The number of fused-ring (bicyclic) bond motifs is 1. The third-order valence-corrected chi connectivity index (χ3v) is 5.50. The number of benzene rings is 2. The van der Waals surface area contributed by atoms with Crippen molar-refractivity contribution >= 4 is 33.2 Å². The van der Waals surface area contributed by atoms with Crippen molar-refractivity contribution in [2.75, 3.05) is 17.3 Å². The van der Waals surface area contributed by atoms with Crippen LogP contribution in [0.1, 0.15) is 32.7 Å². The Bertz CT molecular complexity index is 1010. The molecule has 0 unspecified atom stereocenters. The molecule has 2 aromatic rings. The number of rotatable bonds is 6. The summed E-state index contributed by atoms with van der Waals surface area (Å²) in [6.45, 7) is 1.90. The van der Waals surface area contributed by atoms with E-state index < -0.39 is 33.6 Å². The highest BCUT2D eigenvalue weighted by Crippen LogP contribution is 2.26. The van der Waals surface area contributed by atoms with Crippen LogP contribution in [0.4, 0.5) is 5.69 Å². The maximum absolute atomic E-state index is 12.9. The van der Waals surface area contributed by atoms with E-state index in [4.69, 9.17) is 0 Å². The molecule has 1 aliphatic heterocycles. The summed E-state index contributed by atoms with van der Waals surface area (Å²) in [5.41, 5.74) is 1.92. The molecule has 0 fully saturated rings. The Morgan fingerprint density at radius 3 is 2.04 bits per heavy atom. The molecule has 1 atom stereocenters. The molecule has 0 radical (unpaired) electrons. The summed E-state index contributed by atoms with van der Waals surface area (Å²) >= 11 is 0. The van der Waals surface area contributed by atoms with Gasteiger partial charge in [0.05, 0.1) is 16.9 Å². The molecule has 7 nitrogen and oxygen atoms in total. The number of carbonyl (C=O) groups is 3. The quantitative estimate of drug-likeness (QED) is 0.748. The molecule has 0 saturated heterocycles. The number of anilines is 1. The van der Waals surface area contributed by atoms with Gasteiger partial charge in [-0.2, -0.15) is 0 Å². The molecule has 1 aliphatic rings. The number of imide groups is 1. The largest absolute Gasteiger partial charge is 0.324 e. The lowest BCUT2D eigenvalue weighted by molar-refractivity contribution is -0.120. The second-order valence-corrected chi connectivity index (χ2v) is 9.08. The topological polar surface area (TPSA) is 101 Å². The first-order valence-corrected chi connectivity index (χ1v) is 10.8. The summed E-state index contributed by atoms with van der Waals surface area (Å²) in [5, 5.41) is 2.67. The second kappa shape index (κ2) is 7.55. The normalized spacial score (nSPS) is 14.7. The van der Waals surface area contributed by atoms with Crippen LogP contribution in [0.25, 0.3) is 0 Å². The highest BCUT2D eigenvalue weighted by molar-refractivity contribution is 7.90. The van der Waals surface area contributed by atoms with Gasteiger partial charge in [0.1, 0.15) is 15.9 Å². The third kappa shape index (κ3) is 4.12. The van der Waals surface area contributed by atoms with Crippen molar-refractivity contribution in [3.63, 3.8) is 0 Å². The molecule has 1 heterocycles. The monoisotopic (exact) mass is 400 g/mol. The van der Waals surface area contributed by atoms with Crippen LogP contribution in [0.5, 0.6) is 0 Å². The summed E-state index contributed by atoms with van der Waals surface area (Å²) < 4.78 is 23.3. The van der Waals surface area contributed by atoms with Crippen molar-refractivity contribution in [1.29, 1.82) is 0 Å². The van der Waals surface area contributed by atoms with Crippen LogP contribution >= 0.6 is 0 Å². The Balaban J connectivity index is 1.91. The Labute approximate surface area is 163 Å². The van der Waals surface area contributed by atoms with E-state index in [1.54, 1.807) is 24.3 Å². The smallest absolute Gasteiger partial charge is 0.262 e. The van der Waals surface area contributed by atoms with Gasteiger partial charge in [-0.1, -0.05) is 29.8 Å². The van der Waals surface area contributed by atoms with Crippen molar-refractivity contribution in [1.82, 2.24) is 4.90 Å². The standard InChI is InChI=1S/C20H20N2O5S/c1-13-7-9-14(10-8-13)21-18(23)17(11-12-28(2,26)27)22-19(24)15-5-3-4-6-16(15)20(22)25/h3-10,17H,11-12H2,1-2H3,(H,21,23)/t17-/m0/s1. The van der Waals surface area contributed by atoms with Gasteiger partial charge in [-0.25, -0.2) is 8.42 Å². The van der Waals surface area contributed by atoms with Crippen LogP contribution in [0, 0.1) is 6.92 Å². The van der Waals surface area contributed by atoms with Gasteiger partial charge in [-0.3, -0.25) is 19.3 Å². The van der Waals surface area contributed by atoms with E-state index in [1.165, 1.54) is 12.1 Å². The van der Waals surface area contributed by atoms with E-state index in [0.29, 0.717) is 5.69 Å². The van der Waals surface area contributed by atoms with Gasteiger partial charge in [0.25, 0.3) is 11.8 Å². The molecule has 3 amide bonds. The fraction of sp³-hybridized carbons (Fsp3) is 0.250. The summed E-state index contributed by atoms with van der Waals surface area (Å²) in [7, 11) is -3.39. The van der Waals surface area contributed by atoms with E-state index in [2.05, 4.69) is 5.32 Å². The maximum atomic E-state index is 12.9. The van der Waals surface area contributed by atoms with Crippen molar-refractivity contribution < 1.29 is 22.8 Å². The molecule has 0 spiro atoms. The van der Waals surface area contributed by atoms with Gasteiger partial charge in [0.15, 0.2) is 0 Å². The summed E-state index contributed by atoms with van der Waals surface area (Å²) in [5.74, 6) is -2.13. The van der Waals surface area contributed by atoms with Crippen molar-refractivity contribution in [3.05, 3.63) is 65.2 Å². The number of aryl methyl sites for hydroxylation is 1. The maximum Gasteiger partial charge on any atom is 0.262 e. The summed E-state index contributed by atoms with van der Waals surface area (Å²) in [6, 6.07) is 12.1. The number of sulfone groups is 1. The van der Waals surface area contributed by atoms with E-state index in [9.17, 15) is 22.8 Å². The molecule has 8 heteroatoms. The van der Waals surface area contributed by atoms with E-state index >= 15 is 0 Å². The first-order chi connectivity index (χ1) is 13.2. The van der Waals surface area contributed by atoms with E-state index in [1.807, 2.05) is 19.1 Å². The van der Waals surface area contributed by atoms with E-state index in [-0.39, 0.29) is 23.3 Å². The van der Waals surface area contributed by atoms with Gasteiger partial charge in [0, 0.05) is 11.9 Å². The summed E-state index contributed by atoms with van der Waals surface area (Å²) in [6.07, 6.45) is 0.867. The number of amides is 3. The Hall–Kier alpha value is -3.00. The predicted molar refractivity (Wildman–Crippen MR) is 105 cm³/mol. The minimum atomic E-state index is -3.39. The zero-order chi connectivity index (χ0) is 20.5. The lowest BCUT2D eigenvalue weighted by Gasteiger charge is -2.25. The average molecular weight is 400 g/mol. The second-order valence-electron chi connectivity index (χ2n) is 6.82. The predicted octanol–water partition coefficient (Wildman–Crippen LogP) is 2.03. The minimum Gasteiger partial charge on any atom is -0.324 e. The third-order valence-electron chi connectivity index (χ3n) is 4.52. The Morgan fingerprint density at radius 1 is 1.00 bits per heavy atom. The van der Waals surface area contributed by atoms with Crippen molar-refractivity contribution in [2.45, 2.75) is 19.4 Å². The first-order valence-electron chi connectivity index (χ1n) is 8.69. The lowest BCUT2D eigenvalue weighted by atomic mass is 10.1. The van der Waals surface area contributed by atoms with Crippen LogP contribution in [0.3, 0.4) is 0 Å². The molecule has 0 aromatic heterocycles. The molecule has 0 aliphatic carbocycles. The van der Waals surface area contributed by atoms with Crippen molar-refractivity contribution in [2.24, 2.45) is 0 Å². The molecule has 0 bridgehead atoms. The van der Waals surface area contributed by atoms with Crippen LogP contribution in [-0.4, -0.2) is 49.1 Å². The minimum absolute atomic E-state index is 0.179. The number of hydrogen-bond acceptors (Lipinski definition) is 5.